The van der Waals surface area contributed by atoms with E-state index in [0.717, 1.165) is 19.6 Å². The first-order chi connectivity index (χ1) is 9.70. The van der Waals surface area contributed by atoms with E-state index in [1.54, 1.807) is 0 Å². The summed E-state index contributed by atoms with van der Waals surface area (Å²) in [7, 11) is 0. The summed E-state index contributed by atoms with van der Waals surface area (Å²) in [4.78, 5) is 16.5. The first-order valence-corrected chi connectivity index (χ1v) is 8.34. The summed E-state index contributed by atoms with van der Waals surface area (Å²) < 4.78 is 0. The molecule has 2 aliphatic rings. The number of amides is 1. The van der Waals surface area contributed by atoms with E-state index in [0.29, 0.717) is 11.2 Å². The highest BCUT2D eigenvalue weighted by molar-refractivity contribution is 9.09. The molecular weight excluding hydrogens is 316 g/mol. The van der Waals surface area contributed by atoms with Crippen LogP contribution in [-0.4, -0.2) is 40.2 Å². The maximum Gasteiger partial charge on any atom is 0.224 e. The van der Waals surface area contributed by atoms with Gasteiger partial charge in [-0.2, -0.15) is 0 Å². The number of rotatable bonds is 4. The lowest BCUT2D eigenvalue weighted by molar-refractivity contribution is -0.128. The first kappa shape index (κ1) is 14.1. The molecule has 2 fully saturated rings. The van der Waals surface area contributed by atoms with Crippen LogP contribution < -0.4 is 0 Å². The molecule has 0 aliphatic carbocycles. The molecule has 0 aromatic heterocycles. The SMILES string of the molecule is O=C1CC(Br)CN1Cc1ccc(CN2CCCC2)cc1. The second kappa shape index (κ2) is 6.27. The molecule has 1 atom stereocenters. The second-order valence-electron chi connectivity index (χ2n) is 5.88. The quantitative estimate of drug-likeness (QED) is 0.789. The van der Waals surface area contributed by atoms with Gasteiger partial charge in [0.25, 0.3) is 0 Å². The number of benzene rings is 1. The van der Waals surface area contributed by atoms with Crippen molar-refractivity contribution in [3.63, 3.8) is 0 Å². The number of carbonyl (C=O) groups excluding carboxylic acids is 1. The molecule has 3 rings (SSSR count). The largest absolute Gasteiger partial charge is 0.337 e. The number of alkyl halides is 1. The lowest BCUT2D eigenvalue weighted by Crippen LogP contribution is -2.24. The van der Waals surface area contributed by atoms with Crippen LogP contribution in [-0.2, 0) is 17.9 Å². The van der Waals surface area contributed by atoms with Crippen LogP contribution in [0, 0.1) is 0 Å². The highest BCUT2D eigenvalue weighted by atomic mass is 79.9. The molecule has 1 unspecified atom stereocenters. The first-order valence-electron chi connectivity index (χ1n) is 7.43. The summed E-state index contributed by atoms with van der Waals surface area (Å²) >= 11 is 3.52. The van der Waals surface area contributed by atoms with Gasteiger partial charge in [-0.1, -0.05) is 40.2 Å². The van der Waals surface area contributed by atoms with E-state index in [4.69, 9.17) is 0 Å². The average molecular weight is 337 g/mol. The van der Waals surface area contributed by atoms with Gasteiger partial charge in [0.15, 0.2) is 0 Å². The van der Waals surface area contributed by atoms with Crippen molar-refractivity contribution in [3.8, 4) is 0 Å². The standard InChI is InChI=1S/C16H21BrN2O/c17-15-9-16(20)19(12-15)11-14-5-3-13(4-6-14)10-18-7-1-2-8-18/h3-6,15H,1-2,7-12H2. The van der Waals surface area contributed by atoms with Crippen LogP contribution in [0.5, 0.6) is 0 Å². The average Bonchev–Trinajstić information content (AvgIpc) is 3.03. The predicted molar refractivity (Wildman–Crippen MR) is 83.7 cm³/mol. The fourth-order valence-electron chi connectivity index (χ4n) is 3.05. The normalized spacial score (nSPS) is 23.8. The minimum Gasteiger partial charge on any atom is -0.337 e. The van der Waals surface area contributed by atoms with Crippen molar-refractivity contribution >= 4 is 21.8 Å². The minimum absolute atomic E-state index is 0.257. The summed E-state index contributed by atoms with van der Waals surface area (Å²) in [6.07, 6.45) is 3.30. The van der Waals surface area contributed by atoms with Gasteiger partial charge in [0.2, 0.25) is 5.91 Å². The van der Waals surface area contributed by atoms with Crippen molar-refractivity contribution in [2.75, 3.05) is 19.6 Å². The van der Waals surface area contributed by atoms with Crippen LogP contribution in [0.1, 0.15) is 30.4 Å². The summed E-state index contributed by atoms with van der Waals surface area (Å²) in [5, 5.41) is 0. The predicted octanol–water partition coefficient (Wildman–Crippen LogP) is 2.78. The van der Waals surface area contributed by atoms with E-state index in [2.05, 4.69) is 45.1 Å². The molecule has 2 heterocycles. The number of hydrogen-bond donors (Lipinski definition) is 0. The Balaban J connectivity index is 1.57. The van der Waals surface area contributed by atoms with E-state index < -0.39 is 0 Å². The van der Waals surface area contributed by atoms with Gasteiger partial charge in [-0.25, -0.2) is 0 Å². The molecule has 2 aliphatic heterocycles. The Morgan fingerprint density at radius 2 is 1.65 bits per heavy atom. The van der Waals surface area contributed by atoms with Crippen LogP contribution in [0.4, 0.5) is 0 Å². The van der Waals surface area contributed by atoms with Crippen molar-refractivity contribution < 1.29 is 4.79 Å². The van der Waals surface area contributed by atoms with Crippen molar-refractivity contribution in [3.05, 3.63) is 35.4 Å². The van der Waals surface area contributed by atoms with Gasteiger partial charge in [0.05, 0.1) is 0 Å². The number of hydrogen-bond acceptors (Lipinski definition) is 2. The molecule has 0 spiro atoms. The van der Waals surface area contributed by atoms with E-state index in [-0.39, 0.29) is 5.91 Å². The van der Waals surface area contributed by atoms with Crippen LogP contribution >= 0.6 is 15.9 Å². The molecule has 4 heteroatoms. The van der Waals surface area contributed by atoms with Crippen LogP contribution in [0.2, 0.25) is 0 Å². The van der Waals surface area contributed by atoms with Crippen LogP contribution in [0.3, 0.4) is 0 Å². The third kappa shape index (κ3) is 3.41. The molecule has 0 radical (unpaired) electrons. The number of carbonyl (C=O) groups is 1. The Bertz CT molecular complexity index is 468. The number of halogens is 1. The summed E-state index contributed by atoms with van der Waals surface area (Å²) in [5.74, 6) is 0.257. The summed E-state index contributed by atoms with van der Waals surface area (Å²) in [5.41, 5.74) is 2.60. The maximum atomic E-state index is 11.8. The molecule has 2 saturated heterocycles. The Kier molecular flexibility index (Phi) is 4.41. The molecule has 20 heavy (non-hydrogen) atoms. The summed E-state index contributed by atoms with van der Waals surface area (Å²) in [6.45, 7) is 5.10. The van der Waals surface area contributed by atoms with Gasteiger partial charge in [-0.3, -0.25) is 9.69 Å². The highest BCUT2D eigenvalue weighted by Crippen LogP contribution is 2.21. The van der Waals surface area contributed by atoms with Crippen molar-refractivity contribution in [2.45, 2.75) is 37.2 Å². The minimum atomic E-state index is 0.257. The third-order valence-electron chi connectivity index (χ3n) is 4.17. The molecule has 1 amide bonds. The van der Waals surface area contributed by atoms with Crippen LogP contribution in [0.15, 0.2) is 24.3 Å². The fraction of sp³-hybridized carbons (Fsp3) is 0.562. The number of nitrogens with zero attached hydrogens (tertiary/aromatic N) is 2. The van der Waals surface area contributed by atoms with Crippen LogP contribution in [0.25, 0.3) is 0 Å². The third-order valence-corrected chi connectivity index (χ3v) is 4.78. The highest BCUT2D eigenvalue weighted by Gasteiger charge is 2.27. The molecule has 3 nitrogen and oxygen atoms in total. The van der Waals surface area contributed by atoms with Gasteiger partial charge in [-0.05, 0) is 37.1 Å². The molecule has 0 saturated carbocycles. The topological polar surface area (TPSA) is 23.6 Å². The van der Waals surface area contributed by atoms with Gasteiger partial charge >= 0.3 is 0 Å². The molecule has 0 N–H and O–H groups in total. The van der Waals surface area contributed by atoms with Crippen molar-refractivity contribution in [2.24, 2.45) is 0 Å². The van der Waals surface area contributed by atoms with Crippen molar-refractivity contribution in [1.29, 1.82) is 0 Å². The lowest BCUT2D eigenvalue weighted by atomic mass is 10.1. The van der Waals surface area contributed by atoms with E-state index in [1.165, 1.54) is 37.1 Å². The smallest absolute Gasteiger partial charge is 0.224 e. The zero-order chi connectivity index (χ0) is 13.9. The Morgan fingerprint density at radius 1 is 1.05 bits per heavy atom. The van der Waals surface area contributed by atoms with Gasteiger partial charge < -0.3 is 4.90 Å². The molecule has 1 aromatic carbocycles. The van der Waals surface area contributed by atoms with E-state index >= 15 is 0 Å². The van der Waals surface area contributed by atoms with E-state index in [9.17, 15) is 4.79 Å². The Labute approximate surface area is 129 Å². The Hall–Kier alpha value is -0.870. The fourth-order valence-corrected chi connectivity index (χ4v) is 3.67. The number of likely N-dealkylation sites (tertiary alicyclic amines) is 2. The van der Waals surface area contributed by atoms with Gasteiger partial charge in [0, 0.05) is 30.9 Å². The molecule has 108 valence electrons. The Morgan fingerprint density at radius 3 is 2.20 bits per heavy atom. The van der Waals surface area contributed by atoms with Crippen molar-refractivity contribution in [1.82, 2.24) is 9.80 Å². The molecular formula is C16H21BrN2O. The van der Waals surface area contributed by atoms with E-state index in [1.807, 2.05) is 4.90 Å². The van der Waals surface area contributed by atoms with Gasteiger partial charge in [0.1, 0.15) is 0 Å². The summed E-state index contributed by atoms with van der Waals surface area (Å²) in [6, 6.07) is 8.75. The zero-order valence-electron chi connectivity index (χ0n) is 11.7. The second-order valence-corrected chi connectivity index (χ2v) is 7.17. The van der Waals surface area contributed by atoms with Gasteiger partial charge in [-0.15, -0.1) is 0 Å². The maximum absolute atomic E-state index is 11.8. The monoisotopic (exact) mass is 336 g/mol. The molecule has 0 bridgehead atoms. The zero-order valence-corrected chi connectivity index (χ0v) is 13.3. The molecule has 1 aromatic rings. The lowest BCUT2D eigenvalue weighted by Gasteiger charge is -2.17.